The van der Waals surface area contributed by atoms with Gasteiger partial charge in [-0.15, -0.1) is 0 Å². The van der Waals surface area contributed by atoms with Gasteiger partial charge in [-0.05, 0) is 23.8 Å². The van der Waals surface area contributed by atoms with E-state index in [1.54, 1.807) is 4.90 Å². The van der Waals surface area contributed by atoms with Crippen molar-refractivity contribution in [2.75, 3.05) is 7.05 Å². The fourth-order valence-corrected chi connectivity index (χ4v) is 3.98. The van der Waals surface area contributed by atoms with Gasteiger partial charge in [0.2, 0.25) is 0 Å². The number of amides is 1. The number of fused-ring (bicyclic) bond motifs is 1. The highest BCUT2D eigenvalue weighted by atomic mass is 16.5. The smallest absolute Gasteiger partial charge is 0.264 e. The molecular weight excluding hydrogens is 386 g/mol. The Kier molecular flexibility index (Phi) is 5.00. The van der Waals surface area contributed by atoms with Crippen molar-refractivity contribution in [2.45, 2.75) is 19.1 Å². The third-order valence-corrected chi connectivity index (χ3v) is 5.56. The van der Waals surface area contributed by atoms with Gasteiger partial charge in [-0.3, -0.25) is 4.79 Å². The summed E-state index contributed by atoms with van der Waals surface area (Å²) in [5.74, 6) is 0.777. The fraction of sp³-hybridized carbons (Fsp3) is 0.154. The van der Waals surface area contributed by atoms with Crippen molar-refractivity contribution in [3.8, 4) is 22.7 Å². The minimum Gasteiger partial charge on any atom is -0.480 e. The Balaban J connectivity index is 1.41. The van der Waals surface area contributed by atoms with Crippen molar-refractivity contribution >= 4 is 5.91 Å². The average Bonchev–Trinajstić information content (AvgIpc) is 3.44. The van der Waals surface area contributed by atoms with Gasteiger partial charge in [0, 0.05) is 37.3 Å². The van der Waals surface area contributed by atoms with Crippen LogP contribution in [0.2, 0.25) is 0 Å². The lowest BCUT2D eigenvalue weighted by molar-refractivity contribution is -0.137. The highest BCUT2D eigenvalue weighted by Gasteiger charge is 2.31. The lowest BCUT2D eigenvalue weighted by Gasteiger charge is -2.20. The number of nitrogens with zero attached hydrogens (tertiary/aromatic N) is 3. The van der Waals surface area contributed by atoms with Crippen LogP contribution in [-0.4, -0.2) is 33.7 Å². The first-order valence-corrected chi connectivity index (χ1v) is 10.4. The molecule has 1 atom stereocenters. The maximum atomic E-state index is 13.1. The largest absolute Gasteiger partial charge is 0.480 e. The van der Waals surface area contributed by atoms with E-state index in [0.29, 0.717) is 13.0 Å². The number of carbonyl (C=O) groups excluding carboxylic acids is 1. The van der Waals surface area contributed by atoms with Gasteiger partial charge in [0.05, 0.1) is 11.4 Å². The van der Waals surface area contributed by atoms with Gasteiger partial charge in [-0.1, -0.05) is 66.7 Å². The first-order valence-electron chi connectivity index (χ1n) is 10.4. The van der Waals surface area contributed by atoms with E-state index in [1.165, 1.54) is 0 Å². The number of benzene rings is 3. The lowest BCUT2D eigenvalue weighted by atomic mass is 10.1. The Bertz CT molecular complexity index is 1180. The number of carbonyl (C=O) groups is 1. The topological polar surface area (TPSA) is 47.4 Å². The number of hydrogen-bond acceptors (Lipinski definition) is 3. The molecule has 5 rings (SSSR count). The van der Waals surface area contributed by atoms with Crippen molar-refractivity contribution in [3.05, 3.63) is 102 Å². The Morgan fingerprint density at radius 3 is 2.42 bits per heavy atom. The van der Waals surface area contributed by atoms with Crippen LogP contribution in [0.5, 0.6) is 5.75 Å². The summed E-state index contributed by atoms with van der Waals surface area (Å²) >= 11 is 0. The van der Waals surface area contributed by atoms with Gasteiger partial charge in [-0.25, -0.2) is 4.68 Å². The molecule has 0 saturated carbocycles. The van der Waals surface area contributed by atoms with E-state index in [4.69, 9.17) is 9.84 Å². The van der Waals surface area contributed by atoms with Crippen LogP contribution in [0.3, 0.4) is 0 Å². The van der Waals surface area contributed by atoms with Crippen LogP contribution in [0.1, 0.15) is 11.1 Å². The van der Waals surface area contributed by atoms with Crippen molar-refractivity contribution in [1.29, 1.82) is 0 Å². The third kappa shape index (κ3) is 3.82. The van der Waals surface area contributed by atoms with Crippen LogP contribution in [0.4, 0.5) is 0 Å². The first-order chi connectivity index (χ1) is 15.2. The molecule has 0 fully saturated rings. The molecule has 2 heterocycles. The maximum Gasteiger partial charge on any atom is 0.264 e. The molecule has 1 aliphatic rings. The zero-order valence-corrected chi connectivity index (χ0v) is 17.3. The van der Waals surface area contributed by atoms with Crippen molar-refractivity contribution in [3.63, 3.8) is 0 Å². The van der Waals surface area contributed by atoms with E-state index in [0.717, 1.165) is 33.8 Å². The van der Waals surface area contributed by atoms with E-state index in [2.05, 4.69) is 0 Å². The van der Waals surface area contributed by atoms with Crippen molar-refractivity contribution in [2.24, 2.45) is 0 Å². The molecule has 1 aliphatic heterocycles. The zero-order chi connectivity index (χ0) is 21.2. The molecule has 31 heavy (non-hydrogen) atoms. The van der Waals surface area contributed by atoms with Gasteiger partial charge >= 0.3 is 0 Å². The van der Waals surface area contributed by atoms with Crippen LogP contribution in [-0.2, 0) is 17.8 Å². The SMILES string of the molecule is CN(Cc1cn(-c2ccccc2)nc1-c1ccccc1)C(=O)[C@H]1Cc2ccccc2O1. The zero-order valence-electron chi connectivity index (χ0n) is 17.3. The van der Waals surface area contributed by atoms with Crippen LogP contribution >= 0.6 is 0 Å². The lowest BCUT2D eigenvalue weighted by Crippen LogP contribution is -2.38. The van der Waals surface area contributed by atoms with E-state index in [-0.39, 0.29) is 5.91 Å². The van der Waals surface area contributed by atoms with Crippen molar-refractivity contribution < 1.29 is 9.53 Å². The fourth-order valence-electron chi connectivity index (χ4n) is 3.98. The third-order valence-electron chi connectivity index (χ3n) is 5.56. The van der Waals surface area contributed by atoms with E-state index < -0.39 is 6.10 Å². The van der Waals surface area contributed by atoms with Gasteiger partial charge in [0.15, 0.2) is 6.10 Å². The van der Waals surface area contributed by atoms with E-state index in [1.807, 2.05) is 103 Å². The molecule has 0 aliphatic carbocycles. The van der Waals surface area contributed by atoms with Gasteiger partial charge in [0.1, 0.15) is 5.75 Å². The molecule has 5 nitrogen and oxygen atoms in total. The summed E-state index contributed by atoms with van der Waals surface area (Å²) in [5.41, 5.74) is 4.95. The van der Waals surface area contributed by atoms with E-state index >= 15 is 0 Å². The molecule has 0 saturated heterocycles. The van der Waals surface area contributed by atoms with Crippen LogP contribution in [0, 0.1) is 0 Å². The average molecular weight is 409 g/mol. The molecule has 0 spiro atoms. The maximum absolute atomic E-state index is 13.1. The number of para-hydroxylation sites is 2. The van der Waals surface area contributed by atoms with Gasteiger partial charge in [0.25, 0.3) is 5.91 Å². The predicted octanol–water partition coefficient (Wildman–Crippen LogP) is 4.50. The van der Waals surface area contributed by atoms with Crippen LogP contribution in [0.15, 0.2) is 91.1 Å². The monoisotopic (exact) mass is 409 g/mol. The molecule has 0 bridgehead atoms. The second kappa shape index (κ2) is 8.11. The van der Waals surface area contributed by atoms with Gasteiger partial charge in [-0.2, -0.15) is 5.10 Å². The highest BCUT2D eigenvalue weighted by molar-refractivity contribution is 5.82. The Morgan fingerprint density at radius 2 is 1.68 bits per heavy atom. The Labute approximate surface area is 181 Å². The summed E-state index contributed by atoms with van der Waals surface area (Å²) in [5, 5.41) is 4.84. The first kappa shape index (κ1) is 19.1. The summed E-state index contributed by atoms with van der Waals surface area (Å²) in [4.78, 5) is 14.8. The molecule has 4 aromatic rings. The number of rotatable bonds is 5. The van der Waals surface area contributed by atoms with Gasteiger partial charge < -0.3 is 9.64 Å². The molecular formula is C26H23N3O2. The van der Waals surface area contributed by atoms with Crippen molar-refractivity contribution in [1.82, 2.24) is 14.7 Å². The van der Waals surface area contributed by atoms with E-state index in [9.17, 15) is 4.79 Å². The highest BCUT2D eigenvalue weighted by Crippen LogP contribution is 2.30. The van der Waals surface area contributed by atoms with Crippen LogP contribution in [0.25, 0.3) is 16.9 Å². The second-order valence-electron chi connectivity index (χ2n) is 7.76. The summed E-state index contributed by atoms with van der Waals surface area (Å²) in [6.45, 7) is 0.450. The summed E-state index contributed by atoms with van der Waals surface area (Å²) < 4.78 is 7.78. The number of hydrogen-bond donors (Lipinski definition) is 0. The minimum atomic E-state index is -0.480. The molecule has 0 unspecified atom stereocenters. The summed E-state index contributed by atoms with van der Waals surface area (Å²) in [6.07, 6.45) is 2.13. The normalized spacial score (nSPS) is 14.7. The molecule has 1 aromatic heterocycles. The Hall–Kier alpha value is -3.86. The standard InChI is InChI=1S/C26H23N3O2/c1-28(26(30)24-16-20-12-8-9-15-23(20)31-24)17-21-18-29(22-13-6-3-7-14-22)27-25(21)19-10-4-2-5-11-19/h2-15,18,24H,16-17H2,1H3/t24-/m1/s1. The summed E-state index contributed by atoms with van der Waals surface area (Å²) in [6, 6.07) is 27.9. The molecule has 0 radical (unpaired) electrons. The predicted molar refractivity (Wildman–Crippen MR) is 120 cm³/mol. The number of likely N-dealkylation sites (N-methyl/N-ethyl adjacent to an activating group) is 1. The number of ether oxygens (including phenoxy) is 1. The molecule has 154 valence electrons. The Morgan fingerprint density at radius 1 is 1.00 bits per heavy atom. The second-order valence-corrected chi connectivity index (χ2v) is 7.76. The summed E-state index contributed by atoms with van der Waals surface area (Å²) in [7, 11) is 1.82. The van der Waals surface area contributed by atoms with Crippen LogP contribution < -0.4 is 4.74 Å². The minimum absolute atomic E-state index is 0.0253. The molecule has 3 aromatic carbocycles. The number of aromatic nitrogens is 2. The quantitative estimate of drug-likeness (QED) is 0.488. The molecule has 1 amide bonds. The molecule has 0 N–H and O–H groups in total. The molecule has 5 heteroatoms.